The van der Waals surface area contributed by atoms with Crippen LogP contribution in [0.2, 0.25) is 0 Å². The number of carbonyl (C=O) groups excluding carboxylic acids is 2. The van der Waals surface area contributed by atoms with Crippen LogP contribution in [0.5, 0.6) is 0 Å². The molecular weight excluding hydrogens is 304 g/mol. The van der Waals surface area contributed by atoms with Gasteiger partial charge in [0.1, 0.15) is 5.60 Å². The molecule has 0 spiro atoms. The molecule has 0 heterocycles. The van der Waals surface area contributed by atoms with Crippen molar-refractivity contribution in [1.82, 2.24) is 10.6 Å². The Hall–Kier alpha value is -1.88. The van der Waals surface area contributed by atoms with E-state index in [1.165, 1.54) is 0 Å². The average Bonchev–Trinajstić information content (AvgIpc) is 2.60. The van der Waals surface area contributed by atoms with Crippen molar-refractivity contribution < 1.29 is 14.7 Å². The van der Waals surface area contributed by atoms with Crippen molar-refractivity contribution in [3.63, 3.8) is 0 Å². The Morgan fingerprint density at radius 1 is 1.25 bits per heavy atom. The van der Waals surface area contributed by atoms with Crippen molar-refractivity contribution in [3.05, 3.63) is 35.4 Å². The van der Waals surface area contributed by atoms with E-state index in [1.807, 2.05) is 26.0 Å². The molecule has 1 aliphatic rings. The van der Waals surface area contributed by atoms with Crippen molar-refractivity contribution in [1.29, 1.82) is 0 Å². The second-order valence-corrected chi connectivity index (χ2v) is 6.76. The molecule has 1 fully saturated rings. The molecule has 0 aromatic heterocycles. The number of nitrogens with one attached hydrogen (secondary N) is 2. The molecule has 1 saturated carbocycles. The summed E-state index contributed by atoms with van der Waals surface area (Å²) in [5, 5.41) is 16.1. The molecule has 1 aromatic carbocycles. The summed E-state index contributed by atoms with van der Waals surface area (Å²) in [4.78, 5) is 24.4. The largest absolute Gasteiger partial charge is 0.380 e. The fraction of sp³-hybridized carbons (Fsp3) is 0.579. The van der Waals surface area contributed by atoms with Crippen LogP contribution in [0, 0.1) is 0 Å². The van der Waals surface area contributed by atoms with Crippen molar-refractivity contribution in [2.24, 2.45) is 0 Å². The maximum absolute atomic E-state index is 12.3. The smallest absolute Gasteiger partial charge is 0.252 e. The molecule has 0 bridgehead atoms. The summed E-state index contributed by atoms with van der Waals surface area (Å²) in [6.07, 6.45) is 4.76. The van der Waals surface area contributed by atoms with Gasteiger partial charge in [0.15, 0.2) is 0 Å². The standard InChI is InChI=1S/C19H28N2O3/c1-3-14(2)21-17(22)16-9-7-8-15(12-16)13-20-18(23)19(24)10-5-4-6-11-19/h7-9,12,14,24H,3-6,10-11,13H2,1-2H3,(H,20,23)(H,21,22)/t14-/m0/s1. The Morgan fingerprint density at radius 3 is 2.62 bits per heavy atom. The molecule has 0 unspecified atom stereocenters. The van der Waals surface area contributed by atoms with Gasteiger partial charge in [0.25, 0.3) is 11.8 Å². The third-order valence-electron chi connectivity index (χ3n) is 4.74. The van der Waals surface area contributed by atoms with E-state index >= 15 is 0 Å². The summed E-state index contributed by atoms with van der Waals surface area (Å²) in [6, 6.07) is 7.34. The number of carbonyl (C=O) groups is 2. The van der Waals surface area contributed by atoms with Gasteiger partial charge in [-0.1, -0.05) is 38.3 Å². The molecule has 2 rings (SSSR count). The first-order valence-electron chi connectivity index (χ1n) is 8.85. The van der Waals surface area contributed by atoms with Crippen LogP contribution in [0.1, 0.15) is 68.3 Å². The third kappa shape index (κ3) is 4.81. The predicted molar refractivity (Wildman–Crippen MR) is 93.5 cm³/mol. The van der Waals surface area contributed by atoms with E-state index in [0.29, 0.717) is 24.9 Å². The Balaban J connectivity index is 1.94. The Labute approximate surface area is 143 Å². The molecule has 2 amide bonds. The molecule has 1 atom stereocenters. The van der Waals surface area contributed by atoms with Crippen molar-refractivity contribution in [3.8, 4) is 0 Å². The molecule has 1 aliphatic carbocycles. The van der Waals surface area contributed by atoms with Crippen molar-refractivity contribution >= 4 is 11.8 Å². The van der Waals surface area contributed by atoms with Crippen molar-refractivity contribution in [2.45, 2.75) is 70.6 Å². The quantitative estimate of drug-likeness (QED) is 0.749. The Kier molecular flexibility index (Phi) is 6.37. The van der Waals surface area contributed by atoms with Crippen LogP contribution >= 0.6 is 0 Å². The summed E-state index contributed by atoms with van der Waals surface area (Å²) in [5.41, 5.74) is 0.196. The predicted octanol–water partition coefficient (Wildman–Crippen LogP) is 2.53. The van der Waals surface area contributed by atoms with E-state index in [-0.39, 0.29) is 17.9 Å². The van der Waals surface area contributed by atoms with Gasteiger partial charge in [0.2, 0.25) is 0 Å². The van der Waals surface area contributed by atoms with Crippen LogP contribution in [0.4, 0.5) is 0 Å². The number of hydrogen-bond acceptors (Lipinski definition) is 3. The van der Waals surface area contributed by atoms with E-state index in [9.17, 15) is 14.7 Å². The maximum atomic E-state index is 12.3. The first kappa shape index (κ1) is 18.5. The fourth-order valence-electron chi connectivity index (χ4n) is 2.94. The van der Waals surface area contributed by atoms with Crippen LogP contribution in [0.25, 0.3) is 0 Å². The Morgan fingerprint density at radius 2 is 1.96 bits per heavy atom. The van der Waals surface area contributed by atoms with E-state index < -0.39 is 5.60 Å². The lowest BCUT2D eigenvalue weighted by Crippen LogP contribution is -2.47. The number of amides is 2. The molecule has 132 valence electrons. The van der Waals surface area contributed by atoms with E-state index in [1.54, 1.807) is 12.1 Å². The zero-order valence-electron chi connectivity index (χ0n) is 14.6. The van der Waals surface area contributed by atoms with Gasteiger partial charge in [0.05, 0.1) is 0 Å². The number of benzene rings is 1. The zero-order chi connectivity index (χ0) is 17.6. The zero-order valence-corrected chi connectivity index (χ0v) is 14.6. The highest BCUT2D eigenvalue weighted by Crippen LogP contribution is 2.28. The van der Waals surface area contributed by atoms with Gasteiger partial charge in [-0.2, -0.15) is 0 Å². The number of aliphatic hydroxyl groups is 1. The van der Waals surface area contributed by atoms with E-state index in [2.05, 4.69) is 10.6 Å². The molecule has 5 heteroatoms. The SMILES string of the molecule is CC[C@H](C)NC(=O)c1cccc(CNC(=O)C2(O)CCCCC2)c1. The first-order valence-corrected chi connectivity index (χ1v) is 8.85. The van der Waals surface area contributed by atoms with Gasteiger partial charge in [-0.05, 0) is 43.9 Å². The lowest BCUT2D eigenvalue weighted by molar-refractivity contribution is -0.143. The average molecular weight is 332 g/mol. The minimum absolute atomic E-state index is 0.108. The highest BCUT2D eigenvalue weighted by Gasteiger charge is 2.36. The van der Waals surface area contributed by atoms with Crippen molar-refractivity contribution in [2.75, 3.05) is 0 Å². The molecule has 5 nitrogen and oxygen atoms in total. The van der Waals surface area contributed by atoms with Crippen LogP contribution in [-0.4, -0.2) is 28.6 Å². The van der Waals surface area contributed by atoms with Gasteiger partial charge in [-0.25, -0.2) is 0 Å². The summed E-state index contributed by atoms with van der Waals surface area (Å²) < 4.78 is 0. The summed E-state index contributed by atoms with van der Waals surface area (Å²) in [6.45, 7) is 4.30. The van der Waals surface area contributed by atoms with E-state index in [4.69, 9.17) is 0 Å². The summed E-state index contributed by atoms with van der Waals surface area (Å²) in [5.74, 6) is -0.417. The first-order chi connectivity index (χ1) is 11.4. The van der Waals surface area contributed by atoms with Crippen LogP contribution < -0.4 is 10.6 Å². The van der Waals surface area contributed by atoms with Crippen LogP contribution in [-0.2, 0) is 11.3 Å². The molecule has 0 radical (unpaired) electrons. The second-order valence-electron chi connectivity index (χ2n) is 6.76. The highest BCUT2D eigenvalue weighted by molar-refractivity contribution is 5.94. The molecular formula is C19H28N2O3. The van der Waals surface area contributed by atoms with Crippen LogP contribution in [0.15, 0.2) is 24.3 Å². The van der Waals surface area contributed by atoms with Gasteiger partial charge < -0.3 is 15.7 Å². The molecule has 1 aromatic rings. The lowest BCUT2D eigenvalue weighted by Gasteiger charge is -2.30. The van der Waals surface area contributed by atoms with E-state index in [0.717, 1.165) is 31.2 Å². The van der Waals surface area contributed by atoms with Gasteiger partial charge >= 0.3 is 0 Å². The normalized spacial score (nSPS) is 17.8. The molecule has 3 N–H and O–H groups in total. The lowest BCUT2D eigenvalue weighted by atomic mass is 9.84. The number of hydrogen-bond donors (Lipinski definition) is 3. The molecule has 0 saturated heterocycles. The minimum atomic E-state index is -1.23. The topological polar surface area (TPSA) is 78.4 Å². The molecule has 24 heavy (non-hydrogen) atoms. The van der Waals surface area contributed by atoms with Crippen LogP contribution in [0.3, 0.4) is 0 Å². The highest BCUT2D eigenvalue weighted by atomic mass is 16.3. The monoisotopic (exact) mass is 332 g/mol. The summed E-state index contributed by atoms with van der Waals surface area (Å²) >= 11 is 0. The Bertz CT molecular complexity index is 580. The fourth-order valence-corrected chi connectivity index (χ4v) is 2.94. The minimum Gasteiger partial charge on any atom is -0.380 e. The van der Waals surface area contributed by atoms with Gasteiger partial charge in [0, 0.05) is 18.2 Å². The van der Waals surface area contributed by atoms with Gasteiger partial charge in [-0.15, -0.1) is 0 Å². The second kappa shape index (κ2) is 8.29. The molecule has 0 aliphatic heterocycles. The summed E-state index contributed by atoms with van der Waals surface area (Å²) in [7, 11) is 0. The third-order valence-corrected chi connectivity index (χ3v) is 4.74. The number of rotatable bonds is 6. The maximum Gasteiger partial charge on any atom is 0.252 e. The van der Waals surface area contributed by atoms with Gasteiger partial charge in [-0.3, -0.25) is 9.59 Å².